The first-order chi connectivity index (χ1) is 7.79. The van der Waals surface area contributed by atoms with Crippen molar-refractivity contribution in [2.45, 2.75) is 13.0 Å². The van der Waals surface area contributed by atoms with Crippen molar-refractivity contribution in [2.75, 3.05) is 12.4 Å². The Balaban J connectivity index is 2.05. The minimum Gasteiger partial charge on any atom is -0.497 e. The van der Waals surface area contributed by atoms with E-state index in [2.05, 4.69) is 22.2 Å². The number of imidazole rings is 1. The molecule has 1 aromatic carbocycles. The third kappa shape index (κ3) is 2.34. The molecule has 0 aliphatic heterocycles. The third-order valence-electron chi connectivity index (χ3n) is 2.47. The van der Waals surface area contributed by atoms with Gasteiger partial charge in [-0.05, 0) is 24.6 Å². The molecule has 2 N–H and O–H groups in total. The predicted octanol–water partition coefficient (Wildman–Crippen LogP) is 2.59. The summed E-state index contributed by atoms with van der Waals surface area (Å²) in [6, 6.07) is 8.20. The molecule has 16 heavy (non-hydrogen) atoms. The number of hydrogen-bond donors (Lipinski definition) is 2. The molecule has 0 radical (unpaired) electrons. The van der Waals surface area contributed by atoms with Gasteiger partial charge in [0, 0.05) is 12.4 Å². The van der Waals surface area contributed by atoms with Crippen LogP contribution in [-0.2, 0) is 0 Å². The Morgan fingerprint density at radius 1 is 1.31 bits per heavy atom. The first kappa shape index (κ1) is 10.5. The van der Waals surface area contributed by atoms with Gasteiger partial charge in [0.2, 0.25) is 5.95 Å². The molecule has 0 aliphatic carbocycles. The molecule has 1 unspecified atom stereocenters. The highest BCUT2D eigenvalue weighted by atomic mass is 16.5. The quantitative estimate of drug-likeness (QED) is 0.827. The molecule has 1 atom stereocenters. The van der Waals surface area contributed by atoms with Crippen molar-refractivity contribution < 1.29 is 4.74 Å². The average molecular weight is 217 g/mol. The van der Waals surface area contributed by atoms with Crippen molar-refractivity contribution in [2.24, 2.45) is 0 Å². The lowest BCUT2D eigenvalue weighted by molar-refractivity contribution is 0.414. The molecule has 0 aliphatic rings. The summed E-state index contributed by atoms with van der Waals surface area (Å²) >= 11 is 0. The van der Waals surface area contributed by atoms with Crippen LogP contribution in [0.2, 0.25) is 0 Å². The number of hydrogen-bond acceptors (Lipinski definition) is 3. The number of anilines is 1. The number of nitrogens with one attached hydrogen (secondary N) is 2. The molecule has 4 heteroatoms. The maximum absolute atomic E-state index is 5.12. The van der Waals surface area contributed by atoms with Crippen molar-refractivity contribution in [3.8, 4) is 5.75 Å². The van der Waals surface area contributed by atoms with E-state index in [9.17, 15) is 0 Å². The molecule has 1 aromatic heterocycles. The van der Waals surface area contributed by atoms with E-state index >= 15 is 0 Å². The lowest BCUT2D eigenvalue weighted by Crippen LogP contribution is -2.07. The van der Waals surface area contributed by atoms with Crippen LogP contribution >= 0.6 is 0 Å². The first-order valence-corrected chi connectivity index (χ1v) is 5.19. The molecule has 0 spiro atoms. The van der Waals surface area contributed by atoms with Gasteiger partial charge in [-0.25, -0.2) is 4.98 Å². The lowest BCUT2D eigenvalue weighted by Gasteiger charge is -2.13. The highest BCUT2D eigenvalue weighted by molar-refractivity contribution is 5.34. The van der Waals surface area contributed by atoms with Crippen molar-refractivity contribution in [1.29, 1.82) is 0 Å². The molecule has 4 nitrogen and oxygen atoms in total. The molecule has 1 heterocycles. The second kappa shape index (κ2) is 4.70. The predicted molar refractivity (Wildman–Crippen MR) is 63.6 cm³/mol. The van der Waals surface area contributed by atoms with Gasteiger partial charge in [0.15, 0.2) is 0 Å². The summed E-state index contributed by atoms with van der Waals surface area (Å²) in [5, 5.41) is 3.27. The number of ether oxygens (including phenoxy) is 1. The maximum Gasteiger partial charge on any atom is 0.200 e. The largest absolute Gasteiger partial charge is 0.497 e. The van der Waals surface area contributed by atoms with Gasteiger partial charge in [-0.3, -0.25) is 0 Å². The lowest BCUT2D eigenvalue weighted by atomic mass is 10.1. The molecular weight excluding hydrogens is 202 g/mol. The topological polar surface area (TPSA) is 49.9 Å². The van der Waals surface area contributed by atoms with Crippen molar-refractivity contribution >= 4 is 5.95 Å². The van der Waals surface area contributed by atoms with Gasteiger partial charge in [0.1, 0.15) is 5.75 Å². The molecule has 0 fully saturated rings. The van der Waals surface area contributed by atoms with Crippen molar-refractivity contribution in [3.63, 3.8) is 0 Å². The van der Waals surface area contributed by atoms with Crippen LogP contribution in [0.1, 0.15) is 18.5 Å². The van der Waals surface area contributed by atoms with E-state index in [1.807, 2.05) is 24.3 Å². The Kier molecular flexibility index (Phi) is 3.10. The molecular formula is C12H15N3O. The first-order valence-electron chi connectivity index (χ1n) is 5.19. The number of H-pyrrole nitrogens is 1. The Bertz CT molecular complexity index is 422. The van der Waals surface area contributed by atoms with Crippen LogP contribution in [0.5, 0.6) is 5.75 Å². The molecule has 0 saturated heterocycles. The van der Waals surface area contributed by atoms with E-state index in [4.69, 9.17) is 4.74 Å². The Hall–Kier alpha value is -1.97. The standard InChI is InChI=1S/C12H15N3O/c1-9(15-12-13-7-8-14-12)10-3-5-11(16-2)6-4-10/h3-9H,1-2H3,(H2,13,14,15). The zero-order chi connectivity index (χ0) is 11.4. The molecule has 2 rings (SSSR count). The van der Waals surface area contributed by atoms with E-state index in [0.29, 0.717) is 0 Å². The Morgan fingerprint density at radius 2 is 2.06 bits per heavy atom. The number of nitrogens with zero attached hydrogens (tertiary/aromatic N) is 1. The number of aromatic nitrogens is 2. The second-order valence-corrected chi connectivity index (χ2v) is 3.58. The van der Waals surface area contributed by atoms with E-state index in [1.165, 1.54) is 5.56 Å². The van der Waals surface area contributed by atoms with Crippen molar-refractivity contribution in [3.05, 3.63) is 42.2 Å². The fraction of sp³-hybridized carbons (Fsp3) is 0.250. The summed E-state index contributed by atoms with van der Waals surface area (Å²) in [4.78, 5) is 7.14. The van der Waals surface area contributed by atoms with E-state index < -0.39 is 0 Å². The monoisotopic (exact) mass is 217 g/mol. The Labute approximate surface area is 94.7 Å². The maximum atomic E-state index is 5.12. The second-order valence-electron chi connectivity index (χ2n) is 3.58. The van der Waals surface area contributed by atoms with Crippen LogP contribution in [-0.4, -0.2) is 17.1 Å². The summed E-state index contributed by atoms with van der Waals surface area (Å²) < 4.78 is 5.12. The van der Waals surface area contributed by atoms with Gasteiger partial charge in [0.25, 0.3) is 0 Å². The summed E-state index contributed by atoms with van der Waals surface area (Å²) in [7, 11) is 1.67. The minimum atomic E-state index is 0.206. The van der Waals surface area contributed by atoms with E-state index in [1.54, 1.807) is 19.5 Å². The number of methoxy groups -OCH3 is 1. The Morgan fingerprint density at radius 3 is 2.62 bits per heavy atom. The van der Waals surface area contributed by atoms with Gasteiger partial charge >= 0.3 is 0 Å². The van der Waals surface area contributed by atoms with Crippen LogP contribution in [0.25, 0.3) is 0 Å². The van der Waals surface area contributed by atoms with Gasteiger partial charge in [-0.15, -0.1) is 0 Å². The molecule has 0 saturated carbocycles. The fourth-order valence-corrected chi connectivity index (χ4v) is 1.53. The molecule has 84 valence electrons. The molecule has 0 bridgehead atoms. The molecule has 0 amide bonds. The van der Waals surface area contributed by atoms with E-state index in [0.717, 1.165) is 11.7 Å². The van der Waals surface area contributed by atoms with Gasteiger partial charge < -0.3 is 15.0 Å². The van der Waals surface area contributed by atoms with Gasteiger partial charge in [0.05, 0.1) is 13.2 Å². The van der Waals surface area contributed by atoms with E-state index in [-0.39, 0.29) is 6.04 Å². The number of rotatable bonds is 4. The SMILES string of the molecule is COc1ccc(C(C)Nc2ncc[nH]2)cc1. The summed E-state index contributed by atoms with van der Waals surface area (Å²) in [6.07, 6.45) is 3.52. The van der Waals surface area contributed by atoms with Crippen LogP contribution in [0.15, 0.2) is 36.7 Å². The molecule has 2 aromatic rings. The van der Waals surface area contributed by atoms with Crippen LogP contribution in [0, 0.1) is 0 Å². The van der Waals surface area contributed by atoms with Crippen LogP contribution in [0.4, 0.5) is 5.95 Å². The zero-order valence-corrected chi connectivity index (χ0v) is 9.40. The minimum absolute atomic E-state index is 0.206. The van der Waals surface area contributed by atoms with Gasteiger partial charge in [-0.1, -0.05) is 12.1 Å². The zero-order valence-electron chi connectivity index (χ0n) is 9.40. The summed E-state index contributed by atoms with van der Waals surface area (Å²) in [5.41, 5.74) is 1.19. The third-order valence-corrected chi connectivity index (χ3v) is 2.47. The smallest absolute Gasteiger partial charge is 0.200 e. The summed E-state index contributed by atoms with van der Waals surface area (Å²) in [5.74, 6) is 1.65. The fourth-order valence-electron chi connectivity index (χ4n) is 1.53. The van der Waals surface area contributed by atoms with Crippen LogP contribution in [0.3, 0.4) is 0 Å². The average Bonchev–Trinajstić information content (AvgIpc) is 2.82. The van der Waals surface area contributed by atoms with Gasteiger partial charge in [-0.2, -0.15) is 0 Å². The highest BCUT2D eigenvalue weighted by Gasteiger charge is 2.06. The highest BCUT2D eigenvalue weighted by Crippen LogP contribution is 2.19. The summed E-state index contributed by atoms with van der Waals surface area (Å²) in [6.45, 7) is 2.09. The number of benzene rings is 1. The normalized spacial score (nSPS) is 12.1. The van der Waals surface area contributed by atoms with Crippen molar-refractivity contribution in [1.82, 2.24) is 9.97 Å². The van der Waals surface area contributed by atoms with Crippen LogP contribution < -0.4 is 10.1 Å². The number of aromatic amines is 1.